The van der Waals surface area contributed by atoms with Crippen molar-refractivity contribution in [2.75, 3.05) is 36.5 Å². The highest BCUT2D eigenvalue weighted by Crippen LogP contribution is 2.42. The number of benzene rings is 1. The molecule has 0 amide bonds. The van der Waals surface area contributed by atoms with Crippen LogP contribution in [0.4, 0.5) is 25.1 Å². The van der Waals surface area contributed by atoms with Gasteiger partial charge >= 0.3 is 6.18 Å². The van der Waals surface area contributed by atoms with Gasteiger partial charge in [0.2, 0.25) is 11.9 Å². The Morgan fingerprint density at radius 1 is 1.12 bits per heavy atom. The standard InChI is InChI=1S/C21H21F3N8O/c22-21(23,24)13-3-4-15-16(9-13)28-17(27-15)11-25-19-30-20(31-5-7-33-8-6-31)29-18-14(12-1-2-12)10-26-32(18)19/h3-4,9-10,12H,1-2,5-8,11H2,(H,27,28)(H,25,29,30). The van der Waals surface area contributed by atoms with Crippen molar-refractivity contribution < 1.29 is 17.9 Å². The average Bonchev–Trinajstić information content (AvgIpc) is 3.42. The summed E-state index contributed by atoms with van der Waals surface area (Å²) in [7, 11) is 0. The quantitative estimate of drug-likeness (QED) is 0.474. The molecule has 33 heavy (non-hydrogen) atoms. The highest BCUT2D eigenvalue weighted by Gasteiger charge is 2.31. The number of fused-ring (bicyclic) bond motifs is 2. The average molecular weight is 458 g/mol. The molecule has 9 nitrogen and oxygen atoms in total. The van der Waals surface area contributed by atoms with E-state index in [1.807, 2.05) is 6.20 Å². The number of hydrogen-bond donors (Lipinski definition) is 2. The fourth-order valence-corrected chi connectivity index (χ4v) is 4.07. The van der Waals surface area contributed by atoms with Gasteiger partial charge in [0.15, 0.2) is 5.65 Å². The number of aromatic amines is 1. The van der Waals surface area contributed by atoms with Gasteiger partial charge in [0.1, 0.15) is 5.82 Å². The maximum atomic E-state index is 13.0. The molecule has 4 aromatic rings. The summed E-state index contributed by atoms with van der Waals surface area (Å²) in [6.07, 6.45) is -0.316. The van der Waals surface area contributed by atoms with Crippen molar-refractivity contribution in [3.05, 3.63) is 41.3 Å². The second kappa shape index (κ2) is 7.58. The number of hydrogen-bond acceptors (Lipinski definition) is 7. The van der Waals surface area contributed by atoms with Crippen LogP contribution in [0, 0.1) is 0 Å². The minimum absolute atomic E-state index is 0.239. The molecule has 0 spiro atoms. The van der Waals surface area contributed by atoms with Crippen LogP contribution in [0.15, 0.2) is 24.4 Å². The van der Waals surface area contributed by atoms with Gasteiger partial charge in [-0.3, -0.25) is 0 Å². The molecule has 3 aromatic heterocycles. The Morgan fingerprint density at radius 3 is 2.70 bits per heavy atom. The molecule has 2 aliphatic rings. The van der Waals surface area contributed by atoms with Crippen molar-refractivity contribution >= 4 is 28.6 Å². The Labute approximate surface area is 186 Å². The summed E-state index contributed by atoms with van der Waals surface area (Å²) >= 11 is 0. The first kappa shape index (κ1) is 20.2. The fraction of sp³-hybridized carbons (Fsp3) is 0.429. The van der Waals surface area contributed by atoms with Gasteiger partial charge in [0.25, 0.3) is 0 Å². The Kier molecular flexibility index (Phi) is 4.64. The topological polar surface area (TPSA) is 96.3 Å². The molecule has 6 rings (SSSR count). The predicted molar refractivity (Wildman–Crippen MR) is 114 cm³/mol. The van der Waals surface area contributed by atoms with Crippen LogP contribution in [-0.4, -0.2) is 55.9 Å². The largest absolute Gasteiger partial charge is 0.416 e. The van der Waals surface area contributed by atoms with E-state index in [2.05, 4.69) is 25.3 Å². The van der Waals surface area contributed by atoms with Crippen LogP contribution < -0.4 is 10.2 Å². The molecular weight excluding hydrogens is 437 g/mol. The van der Waals surface area contributed by atoms with Gasteiger partial charge in [-0.2, -0.15) is 32.8 Å². The first-order chi connectivity index (χ1) is 16.0. The summed E-state index contributed by atoms with van der Waals surface area (Å²) < 4.78 is 46.2. The minimum Gasteiger partial charge on any atom is -0.378 e. The number of H-pyrrole nitrogens is 1. The number of aromatic nitrogens is 6. The molecule has 1 saturated heterocycles. The van der Waals surface area contributed by atoms with Crippen LogP contribution >= 0.6 is 0 Å². The van der Waals surface area contributed by atoms with Crippen LogP contribution in [0.25, 0.3) is 16.7 Å². The van der Waals surface area contributed by atoms with E-state index in [4.69, 9.17) is 14.7 Å². The third-order valence-electron chi connectivity index (χ3n) is 5.97. The van der Waals surface area contributed by atoms with Crippen molar-refractivity contribution in [3.63, 3.8) is 0 Å². The zero-order valence-corrected chi connectivity index (χ0v) is 17.6. The molecule has 2 fully saturated rings. The molecule has 1 aliphatic carbocycles. The molecule has 1 aromatic carbocycles. The first-order valence-corrected chi connectivity index (χ1v) is 10.8. The van der Waals surface area contributed by atoms with E-state index < -0.39 is 11.7 Å². The van der Waals surface area contributed by atoms with Gasteiger partial charge in [-0.05, 0) is 37.0 Å². The molecule has 1 aliphatic heterocycles. The molecule has 0 radical (unpaired) electrons. The maximum absolute atomic E-state index is 13.0. The van der Waals surface area contributed by atoms with Gasteiger partial charge in [0.05, 0.1) is 42.6 Å². The first-order valence-electron chi connectivity index (χ1n) is 10.8. The fourth-order valence-electron chi connectivity index (χ4n) is 4.07. The number of ether oxygens (including phenoxy) is 1. The third-order valence-corrected chi connectivity index (χ3v) is 5.97. The molecule has 0 unspecified atom stereocenters. The smallest absolute Gasteiger partial charge is 0.378 e. The molecule has 4 heterocycles. The van der Waals surface area contributed by atoms with Crippen LogP contribution in [0.2, 0.25) is 0 Å². The summed E-state index contributed by atoms with van der Waals surface area (Å²) in [5, 5.41) is 7.73. The molecule has 172 valence electrons. The molecule has 0 bridgehead atoms. The molecule has 12 heteroatoms. The van der Waals surface area contributed by atoms with E-state index in [9.17, 15) is 13.2 Å². The van der Waals surface area contributed by atoms with E-state index in [-0.39, 0.29) is 12.1 Å². The van der Waals surface area contributed by atoms with Crippen molar-refractivity contribution in [3.8, 4) is 0 Å². The Balaban J connectivity index is 1.31. The summed E-state index contributed by atoms with van der Waals surface area (Å²) in [5.41, 5.74) is 1.96. The number of rotatable bonds is 5. The second-order valence-corrected chi connectivity index (χ2v) is 8.32. The lowest BCUT2D eigenvalue weighted by Gasteiger charge is -2.27. The van der Waals surface area contributed by atoms with Crippen molar-refractivity contribution in [2.45, 2.75) is 31.5 Å². The van der Waals surface area contributed by atoms with Gasteiger partial charge in [-0.25, -0.2) is 4.98 Å². The van der Waals surface area contributed by atoms with E-state index in [1.54, 1.807) is 4.52 Å². The summed E-state index contributed by atoms with van der Waals surface area (Å²) in [6, 6.07) is 3.48. The zero-order chi connectivity index (χ0) is 22.6. The minimum atomic E-state index is -4.41. The normalized spacial score (nSPS) is 17.2. The number of alkyl halides is 3. The van der Waals surface area contributed by atoms with Crippen LogP contribution in [0.3, 0.4) is 0 Å². The predicted octanol–water partition coefficient (Wildman–Crippen LogP) is 3.35. The van der Waals surface area contributed by atoms with E-state index >= 15 is 0 Å². The number of nitrogens with zero attached hydrogens (tertiary/aromatic N) is 6. The monoisotopic (exact) mass is 458 g/mol. The van der Waals surface area contributed by atoms with Crippen molar-refractivity contribution in [1.82, 2.24) is 29.5 Å². The van der Waals surface area contributed by atoms with Crippen LogP contribution in [0.1, 0.15) is 35.7 Å². The SMILES string of the molecule is FC(F)(F)c1ccc2[nH]c(CNc3nc(N4CCOCC4)nc4c(C5CC5)cnn34)nc2c1. The number of imidazole rings is 1. The Bertz CT molecular complexity index is 1320. The van der Waals surface area contributed by atoms with Crippen LogP contribution in [0.5, 0.6) is 0 Å². The lowest BCUT2D eigenvalue weighted by molar-refractivity contribution is -0.137. The number of morpholine rings is 1. The zero-order valence-electron chi connectivity index (χ0n) is 17.6. The van der Waals surface area contributed by atoms with Gasteiger partial charge in [-0.15, -0.1) is 0 Å². The summed E-state index contributed by atoms with van der Waals surface area (Å²) in [6.45, 7) is 2.88. The molecule has 0 atom stereocenters. The van der Waals surface area contributed by atoms with Crippen molar-refractivity contribution in [1.29, 1.82) is 0 Å². The Morgan fingerprint density at radius 2 is 1.94 bits per heavy atom. The lowest BCUT2D eigenvalue weighted by Crippen LogP contribution is -2.37. The molecular formula is C21H21F3N8O. The Hall–Kier alpha value is -3.41. The summed E-state index contributed by atoms with van der Waals surface area (Å²) in [4.78, 5) is 18.9. The molecule has 2 N–H and O–H groups in total. The highest BCUT2D eigenvalue weighted by molar-refractivity contribution is 5.76. The highest BCUT2D eigenvalue weighted by atomic mass is 19.4. The van der Waals surface area contributed by atoms with Gasteiger partial charge in [0, 0.05) is 18.7 Å². The maximum Gasteiger partial charge on any atom is 0.416 e. The van der Waals surface area contributed by atoms with Crippen LogP contribution in [-0.2, 0) is 17.5 Å². The lowest BCUT2D eigenvalue weighted by atomic mass is 10.2. The summed E-state index contributed by atoms with van der Waals surface area (Å²) in [5.74, 6) is 2.08. The molecule has 1 saturated carbocycles. The number of halogens is 3. The van der Waals surface area contributed by atoms with Crippen molar-refractivity contribution in [2.24, 2.45) is 0 Å². The van der Waals surface area contributed by atoms with E-state index in [0.29, 0.717) is 55.5 Å². The van der Waals surface area contributed by atoms with E-state index in [0.717, 1.165) is 36.2 Å². The third kappa shape index (κ3) is 3.84. The second-order valence-electron chi connectivity index (χ2n) is 8.32. The number of anilines is 2. The number of nitrogens with one attached hydrogen (secondary N) is 2. The van der Waals surface area contributed by atoms with E-state index in [1.165, 1.54) is 6.07 Å². The van der Waals surface area contributed by atoms with Gasteiger partial charge in [-0.1, -0.05) is 0 Å². The van der Waals surface area contributed by atoms with Gasteiger partial charge < -0.3 is 19.9 Å².